The normalized spacial score (nSPS) is 9.95. The first-order chi connectivity index (χ1) is 9.04. The quantitative estimate of drug-likeness (QED) is 0.615. The monoisotopic (exact) mass is 261 g/mol. The lowest BCUT2D eigenvalue weighted by Crippen LogP contribution is -1.97. The summed E-state index contributed by atoms with van der Waals surface area (Å²) in [5, 5.41) is 19.4. The van der Waals surface area contributed by atoms with Crippen LogP contribution in [0.25, 0.3) is 11.1 Å². The molecule has 0 spiro atoms. The summed E-state index contributed by atoms with van der Waals surface area (Å²) < 4.78 is 26.7. The Labute approximate surface area is 105 Å². The van der Waals surface area contributed by atoms with E-state index in [4.69, 9.17) is 5.26 Å². The summed E-state index contributed by atoms with van der Waals surface area (Å²) in [6.45, 7) is 0. The molecule has 0 saturated carbocycles. The molecular weight excluding hydrogens is 256 g/mol. The largest absolute Gasteiger partial charge is 0.306 e. The SMILES string of the molecule is N#Cc1ncc(-c2cccc(F)c2F)cc1[N+](=O)[O-]. The first kappa shape index (κ1) is 12.6. The summed E-state index contributed by atoms with van der Waals surface area (Å²) in [5.41, 5.74) is -1.06. The maximum Gasteiger partial charge on any atom is 0.306 e. The molecule has 1 aromatic heterocycles. The van der Waals surface area contributed by atoms with Gasteiger partial charge in [-0.2, -0.15) is 5.26 Å². The van der Waals surface area contributed by atoms with E-state index in [-0.39, 0.29) is 16.8 Å². The van der Waals surface area contributed by atoms with Crippen LogP contribution in [0, 0.1) is 33.1 Å². The van der Waals surface area contributed by atoms with E-state index in [9.17, 15) is 18.9 Å². The number of hydrogen-bond donors (Lipinski definition) is 0. The van der Waals surface area contributed by atoms with E-state index >= 15 is 0 Å². The molecule has 94 valence electrons. The summed E-state index contributed by atoms with van der Waals surface area (Å²) in [6, 6.07) is 6.03. The summed E-state index contributed by atoms with van der Waals surface area (Å²) in [5.74, 6) is -2.19. The van der Waals surface area contributed by atoms with E-state index < -0.39 is 22.2 Å². The maximum atomic E-state index is 13.6. The van der Waals surface area contributed by atoms with Gasteiger partial charge in [0.15, 0.2) is 11.6 Å². The van der Waals surface area contributed by atoms with Crippen molar-refractivity contribution in [2.75, 3.05) is 0 Å². The fraction of sp³-hybridized carbons (Fsp3) is 0. The van der Waals surface area contributed by atoms with Gasteiger partial charge in [-0.3, -0.25) is 10.1 Å². The highest BCUT2D eigenvalue weighted by Crippen LogP contribution is 2.28. The third kappa shape index (κ3) is 2.24. The first-order valence-electron chi connectivity index (χ1n) is 5.03. The van der Waals surface area contributed by atoms with Gasteiger partial charge in [-0.15, -0.1) is 0 Å². The Balaban J connectivity index is 2.65. The zero-order valence-corrected chi connectivity index (χ0v) is 9.30. The number of pyridine rings is 1. The fourth-order valence-electron chi connectivity index (χ4n) is 1.55. The van der Waals surface area contributed by atoms with Gasteiger partial charge >= 0.3 is 5.69 Å². The molecule has 0 fully saturated rings. The standard InChI is InChI=1S/C12H5F2N3O2/c13-9-3-1-2-8(12(9)14)7-4-11(17(18)19)10(5-15)16-6-7/h1-4,6H. The molecule has 7 heteroatoms. The molecule has 0 bridgehead atoms. The minimum atomic E-state index is -1.12. The predicted molar refractivity (Wildman–Crippen MR) is 61.0 cm³/mol. The summed E-state index contributed by atoms with van der Waals surface area (Å²) in [4.78, 5) is 13.5. The Bertz CT molecular complexity index is 711. The van der Waals surface area contributed by atoms with Crippen molar-refractivity contribution in [2.45, 2.75) is 0 Å². The van der Waals surface area contributed by atoms with E-state index in [0.717, 1.165) is 18.3 Å². The molecule has 0 aliphatic heterocycles. The maximum absolute atomic E-state index is 13.6. The van der Waals surface area contributed by atoms with Crippen molar-refractivity contribution in [3.05, 3.63) is 57.9 Å². The molecule has 0 aliphatic carbocycles. The van der Waals surface area contributed by atoms with Crippen LogP contribution in [-0.2, 0) is 0 Å². The average molecular weight is 261 g/mol. The molecule has 0 amide bonds. The highest BCUT2D eigenvalue weighted by molar-refractivity contribution is 5.67. The van der Waals surface area contributed by atoms with Gasteiger partial charge in [0.1, 0.15) is 6.07 Å². The topological polar surface area (TPSA) is 79.8 Å². The van der Waals surface area contributed by atoms with Crippen molar-refractivity contribution in [2.24, 2.45) is 0 Å². The van der Waals surface area contributed by atoms with Crippen LogP contribution >= 0.6 is 0 Å². The number of benzene rings is 1. The van der Waals surface area contributed by atoms with Gasteiger partial charge in [-0.1, -0.05) is 12.1 Å². The van der Waals surface area contributed by atoms with Crippen molar-refractivity contribution < 1.29 is 13.7 Å². The number of nitrogens with zero attached hydrogens (tertiary/aromatic N) is 3. The molecule has 1 aromatic carbocycles. The zero-order chi connectivity index (χ0) is 14.0. The van der Waals surface area contributed by atoms with Gasteiger partial charge in [0, 0.05) is 23.4 Å². The Kier molecular flexibility index (Phi) is 3.16. The van der Waals surface area contributed by atoms with Crippen molar-refractivity contribution in [1.82, 2.24) is 4.98 Å². The van der Waals surface area contributed by atoms with Gasteiger partial charge in [0.05, 0.1) is 4.92 Å². The first-order valence-corrected chi connectivity index (χ1v) is 5.03. The second-order valence-electron chi connectivity index (χ2n) is 3.56. The van der Waals surface area contributed by atoms with Gasteiger partial charge in [-0.05, 0) is 6.07 Å². The molecule has 2 rings (SSSR count). The molecule has 0 aliphatic rings. The number of rotatable bonds is 2. The van der Waals surface area contributed by atoms with Crippen molar-refractivity contribution in [1.29, 1.82) is 5.26 Å². The van der Waals surface area contributed by atoms with Gasteiger partial charge < -0.3 is 0 Å². The van der Waals surface area contributed by atoms with Crippen molar-refractivity contribution in [3.63, 3.8) is 0 Å². The number of halogens is 2. The smallest absolute Gasteiger partial charge is 0.258 e. The molecular formula is C12H5F2N3O2. The number of aromatic nitrogens is 1. The molecule has 0 N–H and O–H groups in total. The lowest BCUT2D eigenvalue weighted by atomic mass is 10.1. The van der Waals surface area contributed by atoms with Crippen LogP contribution in [0.3, 0.4) is 0 Å². The lowest BCUT2D eigenvalue weighted by molar-refractivity contribution is -0.385. The lowest BCUT2D eigenvalue weighted by Gasteiger charge is -2.04. The van der Waals surface area contributed by atoms with E-state index in [2.05, 4.69) is 4.98 Å². The third-order valence-electron chi connectivity index (χ3n) is 2.43. The zero-order valence-electron chi connectivity index (χ0n) is 9.30. The molecule has 1 heterocycles. The molecule has 0 radical (unpaired) electrons. The Morgan fingerprint density at radius 1 is 1.37 bits per heavy atom. The highest BCUT2D eigenvalue weighted by Gasteiger charge is 2.18. The second kappa shape index (κ2) is 4.78. The minimum Gasteiger partial charge on any atom is -0.258 e. The minimum absolute atomic E-state index is 0.0303. The van der Waals surface area contributed by atoms with Gasteiger partial charge in [0.25, 0.3) is 0 Å². The van der Waals surface area contributed by atoms with Gasteiger partial charge in [-0.25, -0.2) is 13.8 Å². The Morgan fingerprint density at radius 2 is 2.11 bits per heavy atom. The molecule has 0 saturated heterocycles. The molecule has 2 aromatic rings. The average Bonchev–Trinajstić information content (AvgIpc) is 2.41. The van der Waals surface area contributed by atoms with E-state index in [1.54, 1.807) is 6.07 Å². The fourth-order valence-corrected chi connectivity index (χ4v) is 1.55. The third-order valence-corrected chi connectivity index (χ3v) is 2.43. The molecule has 0 atom stereocenters. The van der Waals surface area contributed by atoms with E-state index in [0.29, 0.717) is 0 Å². The van der Waals surface area contributed by atoms with Crippen LogP contribution in [0.1, 0.15) is 5.69 Å². The van der Waals surface area contributed by atoms with Crippen LogP contribution in [0.15, 0.2) is 30.5 Å². The number of nitriles is 1. The van der Waals surface area contributed by atoms with E-state index in [1.165, 1.54) is 12.1 Å². The summed E-state index contributed by atoms with van der Waals surface area (Å²) >= 11 is 0. The summed E-state index contributed by atoms with van der Waals surface area (Å²) in [7, 11) is 0. The van der Waals surface area contributed by atoms with Gasteiger partial charge in [0.2, 0.25) is 5.69 Å². The predicted octanol–water partition coefficient (Wildman–Crippen LogP) is 2.81. The van der Waals surface area contributed by atoms with Crippen molar-refractivity contribution in [3.8, 4) is 17.2 Å². The van der Waals surface area contributed by atoms with E-state index in [1.807, 2.05) is 0 Å². The van der Waals surface area contributed by atoms with Crippen LogP contribution in [0.4, 0.5) is 14.5 Å². The van der Waals surface area contributed by atoms with Crippen LogP contribution in [0.5, 0.6) is 0 Å². The van der Waals surface area contributed by atoms with Crippen molar-refractivity contribution >= 4 is 5.69 Å². The molecule has 5 nitrogen and oxygen atoms in total. The number of hydrogen-bond acceptors (Lipinski definition) is 4. The summed E-state index contributed by atoms with van der Waals surface area (Å²) in [6.07, 6.45) is 1.09. The van der Waals surface area contributed by atoms with Crippen LogP contribution < -0.4 is 0 Å². The van der Waals surface area contributed by atoms with Crippen LogP contribution in [0.2, 0.25) is 0 Å². The second-order valence-corrected chi connectivity index (χ2v) is 3.56. The number of nitro groups is 1. The molecule has 0 unspecified atom stereocenters. The Morgan fingerprint density at radius 3 is 2.74 bits per heavy atom. The Hall–Kier alpha value is -2.88. The van der Waals surface area contributed by atoms with Crippen LogP contribution in [-0.4, -0.2) is 9.91 Å². The molecule has 19 heavy (non-hydrogen) atoms. The highest BCUT2D eigenvalue weighted by atomic mass is 19.2.